The highest BCUT2D eigenvalue weighted by Crippen LogP contribution is 2.65. The third-order valence-electron chi connectivity index (χ3n) is 7.23. The Kier molecular flexibility index (Phi) is 5.38. The first-order valence-corrected chi connectivity index (χ1v) is 10.9. The maximum absolute atomic E-state index is 6.50. The van der Waals surface area contributed by atoms with Gasteiger partial charge in [-0.15, -0.1) is 0 Å². The molecule has 27 heavy (non-hydrogen) atoms. The van der Waals surface area contributed by atoms with E-state index in [0.29, 0.717) is 24.5 Å². The van der Waals surface area contributed by atoms with E-state index in [9.17, 15) is 0 Å². The third kappa shape index (κ3) is 3.47. The molecule has 0 spiro atoms. The van der Waals surface area contributed by atoms with Crippen molar-refractivity contribution in [2.45, 2.75) is 63.1 Å². The molecule has 0 radical (unpaired) electrons. The summed E-state index contributed by atoms with van der Waals surface area (Å²) in [6.45, 7) is 8.32. The molecule has 6 heteroatoms. The predicted molar refractivity (Wildman–Crippen MR) is 110 cm³/mol. The molecule has 3 aliphatic carbocycles. The van der Waals surface area contributed by atoms with Gasteiger partial charge in [-0.1, -0.05) is 41.9 Å². The van der Waals surface area contributed by atoms with Crippen LogP contribution in [0.4, 0.5) is 0 Å². The van der Waals surface area contributed by atoms with Gasteiger partial charge in [0.05, 0.1) is 30.1 Å². The molecule has 1 aromatic carbocycles. The summed E-state index contributed by atoms with van der Waals surface area (Å²) in [5.74, 6) is 2.25. The largest absolute Gasteiger partial charge is 0.497 e. The quantitative estimate of drug-likeness (QED) is 0.354. The molecule has 2 bridgehead atoms. The lowest BCUT2D eigenvalue weighted by Crippen LogP contribution is -2.65. The van der Waals surface area contributed by atoms with Gasteiger partial charge in [0.25, 0.3) is 0 Å². The monoisotopic (exact) mass is 436 g/mol. The van der Waals surface area contributed by atoms with Crippen LogP contribution in [0.5, 0.6) is 5.75 Å². The maximum Gasteiger partial charge on any atom is 0.472 e. The highest BCUT2D eigenvalue weighted by atomic mass is 79.9. The summed E-state index contributed by atoms with van der Waals surface area (Å²) in [6, 6.07) is 7.99. The lowest BCUT2D eigenvalue weighted by Gasteiger charge is -2.64. The molecule has 1 saturated heterocycles. The smallest absolute Gasteiger partial charge is 0.472 e. The molecule has 5 atom stereocenters. The Hall–Kier alpha value is -0.555. The number of benzene rings is 1. The Bertz CT molecular complexity index is 667. The number of halogens is 1. The molecule has 148 valence electrons. The van der Waals surface area contributed by atoms with Gasteiger partial charge in [0, 0.05) is 6.61 Å². The van der Waals surface area contributed by atoms with E-state index in [-0.39, 0.29) is 23.5 Å². The molecular formula is C21H30BBrO4. The van der Waals surface area contributed by atoms with Crippen LogP contribution in [-0.2, 0) is 20.7 Å². The Morgan fingerprint density at radius 3 is 2.63 bits per heavy atom. The van der Waals surface area contributed by atoms with Crippen LogP contribution in [-0.4, -0.2) is 37.3 Å². The fourth-order valence-electron chi connectivity index (χ4n) is 5.30. The minimum absolute atomic E-state index is 0.140. The van der Waals surface area contributed by atoms with Gasteiger partial charge >= 0.3 is 7.12 Å². The van der Waals surface area contributed by atoms with Gasteiger partial charge in [-0.05, 0) is 61.1 Å². The zero-order chi connectivity index (χ0) is 19.2. The molecule has 4 aliphatic rings. The molecule has 0 amide bonds. The number of methoxy groups -OCH3 is 1. The number of hydrogen-bond acceptors (Lipinski definition) is 4. The van der Waals surface area contributed by atoms with Crippen LogP contribution in [0.15, 0.2) is 24.3 Å². The number of hydrogen-bond donors (Lipinski definition) is 0. The van der Waals surface area contributed by atoms with Crippen LogP contribution in [0.2, 0.25) is 0 Å². The van der Waals surface area contributed by atoms with Crippen LogP contribution in [0.3, 0.4) is 0 Å². The van der Waals surface area contributed by atoms with Gasteiger partial charge < -0.3 is 18.8 Å². The molecule has 1 aromatic rings. The molecule has 1 heterocycles. The van der Waals surface area contributed by atoms with Gasteiger partial charge in [0.1, 0.15) is 5.75 Å². The zero-order valence-corrected chi connectivity index (χ0v) is 18.3. The summed E-state index contributed by atoms with van der Waals surface area (Å²) in [7, 11) is 1.50. The SMILES string of the molecule is COc1ccc(COCC[C@@H](Br)B2OC3C[C@@H]4CC(C3(C)O2)C4(C)C)cc1. The highest BCUT2D eigenvalue weighted by molar-refractivity contribution is 9.10. The first-order chi connectivity index (χ1) is 12.8. The first-order valence-electron chi connectivity index (χ1n) is 10.0. The molecule has 5 rings (SSSR count). The van der Waals surface area contributed by atoms with Crippen molar-refractivity contribution < 1.29 is 18.8 Å². The van der Waals surface area contributed by atoms with Gasteiger partial charge in [0.2, 0.25) is 0 Å². The standard InChI is InChI=1S/C21H30BBrO4/c1-20(2)15-11-17(20)21(3)18(12-15)26-22(27-21)19(23)9-10-25-13-14-5-7-16(24-4)8-6-14/h5-8,15,17-19H,9-13H2,1-4H3/t15-,17?,18?,19+,21?/m0/s1. The van der Waals surface area contributed by atoms with E-state index in [1.54, 1.807) is 7.11 Å². The molecule has 0 aromatic heterocycles. The van der Waals surface area contributed by atoms with E-state index >= 15 is 0 Å². The Labute approximate surface area is 171 Å². The molecular weight excluding hydrogens is 407 g/mol. The Morgan fingerprint density at radius 2 is 1.96 bits per heavy atom. The van der Waals surface area contributed by atoms with Crippen molar-refractivity contribution in [1.82, 2.24) is 0 Å². The summed E-state index contributed by atoms with van der Waals surface area (Å²) < 4.78 is 24.0. The summed E-state index contributed by atoms with van der Waals surface area (Å²) in [4.78, 5) is 0. The normalized spacial score (nSPS) is 34.7. The average molecular weight is 437 g/mol. The van der Waals surface area contributed by atoms with Crippen LogP contribution in [0, 0.1) is 17.3 Å². The van der Waals surface area contributed by atoms with Crippen LogP contribution in [0.1, 0.15) is 45.6 Å². The predicted octanol–water partition coefficient (Wildman–Crippen LogP) is 4.63. The molecule has 3 unspecified atom stereocenters. The molecule has 3 saturated carbocycles. The van der Waals surface area contributed by atoms with Crippen LogP contribution in [0.25, 0.3) is 0 Å². The van der Waals surface area contributed by atoms with Crippen molar-refractivity contribution in [3.8, 4) is 5.75 Å². The van der Waals surface area contributed by atoms with Crippen LogP contribution >= 0.6 is 15.9 Å². The molecule has 0 N–H and O–H groups in total. The summed E-state index contributed by atoms with van der Waals surface area (Å²) >= 11 is 3.78. The second-order valence-electron chi connectivity index (χ2n) is 9.04. The molecule has 1 aliphatic heterocycles. The zero-order valence-electron chi connectivity index (χ0n) is 16.7. The lowest BCUT2D eigenvalue weighted by atomic mass is 9.43. The second-order valence-corrected chi connectivity index (χ2v) is 10.2. The van der Waals surface area contributed by atoms with E-state index < -0.39 is 0 Å². The number of alkyl halides is 1. The van der Waals surface area contributed by atoms with Crippen LogP contribution < -0.4 is 4.74 Å². The van der Waals surface area contributed by atoms with E-state index in [1.807, 2.05) is 24.3 Å². The van der Waals surface area contributed by atoms with Gasteiger partial charge in [-0.2, -0.15) is 0 Å². The van der Waals surface area contributed by atoms with Gasteiger partial charge in [0.15, 0.2) is 0 Å². The number of rotatable bonds is 7. The van der Waals surface area contributed by atoms with Crippen molar-refractivity contribution in [3.05, 3.63) is 29.8 Å². The average Bonchev–Trinajstić information content (AvgIpc) is 3.02. The second kappa shape index (κ2) is 7.36. The highest BCUT2D eigenvalue weighted by Gasteiger charge is 2.68. The Morgan fingerprint density at radius 1 is 1.22 bits per heavy atom. The van der Waals surface area contributed by atoms with Gasteiger partial charge in [-0.3, -0.25) is 0 Å². The first kappa shape index (κ1) is 19.7. The van der Waals surface area contributed by atoms with Crippen molar-refractivity contribution >= 4 is 23.0 Å². The molecule has 4 fully saturated rings. The van der Waals surface area contributed by atoms with E-state index in [1.165, 1.54) is 6.42 Å². The summed E-state index contributed by atoms with van der Waals surface area (Å²) in [6.07, 6.45) is 3.51. The fraction of sp³-hybridized carbons (Fsp3) is 0.714. The summed E-state index contributed by atoms with van der Waals surface area (Å²) in [5, 5.41) is 0. The minimum Gasteiger partial charge on any atom is -0.497 e. The summed E-state index contributed by atoms with van der Waals surface area (Å²) in [5.41, 5.74) is 1.39. The van der Waals surface area contributed by atoms with Crippen molar-refractivity contribution in [2.24, 2.45) is 17.3 Å². The number of ether oxygens (including phenoxy) is 2. The van der Waals surface area contributed by atoms with E-state index in [2.05, 4.69) is 36.7 Å². The van der Waals surface area contributed by atoms with E-state index in [0.717, 1.165) is 30.1 Å². The Balaban J connectivity index is 1.24. The lowest BCUT2D eigenvalue weighted by molar-refractivity contribution is -0.199. The van der Waals surface area contributed by atoms with Crippen molar-refractivity contribution in [2.75, 3.05) is 13.7 Å². The van der Waals surface area contributed by atoms with Crippen molar-refractivity contribution in [1.29, 1.82) is 0 Å². The van der Waals surface area contributed by atoms with E-state index in [4.69, 9.17) is 18.8 Å². The minimum atomic E-state index is -0.181. The third-order valence-corrected chi connectivity index (χ3v) is 8.12. The molecule has 4 nitrogen and oxygen atoms in total. The fourth-order valence-corrected chi connectivity index (χ4v) is 5.72. The maximum atomic E-state index is 6.50. The van der Waals surface area contributed by atoms with Gasteiger partial charge in [-0.25, -0.2) is 0 Å². The topological polar surface area (TPSA) is 36.9 Å². The van der Waals surface area contributed by atoms with Crippen molar-refractivity contribution in [3.63, 3.8) is 0 Å².